The Labute approximate surface area is 105 Å². The molecule has 0 saturated heterocycles. The second-order valence-electron chi connectivity index (χ2n) is 4.12. The summed E-state index contributed by atoms with van der Waals surface area (Å²) in [5.74, 6) is 0.634. The SMILES string of the molecule is CCNCCc1nnc(-c2cc(C)cc(F)c2)o1. The molecule has 0 aliphatic carbocycles. The van der Waals surface area contributed by atoms with Gasteiger partial charge in [-0.25, -0.2) is 4.39 Å². The van der Waals surface area contributed by atoms with Crippen LogP contribution in [0.25, 0.3) is 11.5 Å². The highest BCUT2D eigenvalue weighted by atomic mass is 19.1. The number of halogens is 1. The number of rotatable bonds is 5. The third-order valence-electron chi connectivity index (χ3n) is 2.52. The summed E-state index contributed by atoms with van der Waals surface area (Å²) in [7, 11) is 0. The molecule has 5 heteroatoms. The Hall–Kier alpha value is -1.75. The fourth-order valence-electron chi connectivity index (χ4n) is 1.70. The number of aryl methyl sites for hydroxylation is 1. The van der Waals surface area contributed by atoms with Crippen molar-refractivity contribution < 1.29 is 8.81 Å². The van der Waals surface area contributed by atoms with Crippen LogP contribution in [-0.4, -0.2) is 23.3 Å². The van der Waals surface area contributed by atoms with Crippen molar-refractivity contribution in [1.29, 1.82) is 0 Å². The molecular formula is C13H16FN3O. The predicted molar refractivity (Wildman–Crippen MR) is 66.7 cm³/mol. The molecular weight excluding hydrogens is 233 g/mol. The van der Waals surface area contributed by atoms with Crippen LogP contribution in [0, 0.1) is 12.7 Å². The van der Waals surface area contributed by atoms with Crippen molar-refractivity contribution in [3.8, 4) is 11.5 Å². The van der Waals surface area contributed by atoms with E-state index in [1.807, 2.05) is 19.9 Å². The van der Waals surface area contributed by atoms with Crippen molar-refractivity contribution in [2.45, 2.75) is 20.3 Å². The number of nitrogens with one attached hydrogen (secondary N) is 1. The van der Waals surface area contributed by atoms with Crippen molar-refractivity contribution in [3.05, 3.63) is 35.5 Å². The van der Waals surface area contributed by atoms with Gasteiger partial charge in [0, 0.05) is 18.5 Å². The molecule has 0 spiro atoms. The minimum Gasteiger partial charge on any atom is -0.421 e. The lowest BCUT2D eigenvalue weighted by atomic mass is 10.1. The lowest BCUT2D eigenvalue weighted by Gasteiger charge is -1.98. The molecule has 2 rings (SSSR count). The van der Waals surface area contributed by atoms with E-state index in [9.17, 15) is 4.39 Å². The summed E-state index contributed by atoms with van der Waals surface area (Å²) in [6.45, 7) is 5.56. The molecule has 1 N–H and O–H groups in total. The molecule has 0 amide bonds. The smallest absolute Gasteiger partial charge is 0.247 e. The Morgan fingerprint density at radius 3 is 2.83 bits per heavy atom. The Kier molecular flexibility index (Phi) is 4.04. The number of nitrogens with zero attached hydrogens (tertiary/aromatic N) is 2. The molecule has 1 aromatic carbocycles. The van der Waals surface area contributed by atoms with Gasteiger partial charge in [0.2, 0.25) is 11.8 Å². The Morgan fingerprint density at radius 1 is 1.28 bits per heavy atom. The molecule has 0 unspecified atom stereocenters. The maximum Gasteiger partial charge on any atom is 0.247 e. The third kappa shape index (κ3) is 3.13. The summed E-state index contributed by atoms with van der Waals surface area (Å²) >= 11 is 0. The number of likely N-dealkylation sites (N-methyl/N-ethyl adjacent to an activating group) is 1. The van der Waals surface area contributed by atoms with Gasteiger partial charge < -0.3 is 9.73 Å². The predicted octanol–water partition coefficient (Wildman–Crippen LogP) is 2.34. The molecule has 0 bridgehead atoms. The normalized spacial score (nSPS) is 10.8. The standard InChI is InChI=1S/C13H16FN3O/c1-3-15-5-4-12-16-17-13(18-12)10-6-9(2)7-11(14)8-10/h6-8,15H,3-5H2,1-2H3. The van der Waals surface area contributed by atoms with Gasteiger partial charge in [-0.05, 0) is 37.2 Å². The van der Waals surface area contributed by atoms with E-state index in [0.717, 1.165) is 18.7 Å². The molecule has 96 valence electrons. The molecule has 18 heavy (non-hydrogen) atoms. The molecule has 0 fully saturated rings. The van der Waals surface area contributed by atoms with Gasteiger partial charge in [0.05, 0.1) is 0 Å². The fraction of sp³-hybridized carbons (Fsp3) is 0.385. The van der Waals surface area contributed by atoms with Crippen molar-refractivity contribution in [2.75, 3.05) is 13.1 Å². The van der Waals surface area contributed by atoms with Crippen molar-refractivity contribution in [3.63, 3.8) is 0 Å². The highest BCUT2D eigenvalue weighted by Crippen LogP contribution is 2.20. The molecule has 2 aromatic rings. The lowest BCUT2D eigenvalue weighted by Crippen LogP contribution is -2.16. The quantitative estimate of drug-likeness (QED) is 0.826. The Bertz CT molecular complexity index is 504. The third-order valence-corrected chi connectivity index (χ3v) is 2.52. The van der Waals surface area contributed by atoms with Crippen LogP contribution < -0.4 is 5.32 Å². The van der Waals surface area contributed by atoms with Gasteiger partial charge in [-0.1, -0.05) is 6.92 Å². The molecule has 0 saturated carbocycles. The summed E-state index contributed by atoms with van der Waals surface area (Å²) in [6.07, 6.45) is 0.676. The van der Waals surface area contributed by atoms with Crippen LogP contribution in [0.1, 0.15) is 18.4 Å². The highest BCUT2D eigenvalue weighted by Gasteiger charge is 2.09. The average Bonchev–Trinajstić information content (AvgIpc) is 2.77. The summed E-state index contributed by atoms with van der Waals surface area (Å²) in [6, 6.07) is 4.69. The summed E-state index contributed by atoms with van der Waals surface area (Å²) in [5.41, 5.74) is 1.45. The molecule has 1 heterocycles. The maximum atomic E-state index is 13.3. The number of benzene rings is 1. The summed E-state index contributed by atoms with van der Waals surface area (Å²) in [4.78, 5) is 0. The zero-order valence-corrected chi connectivity index (χ0v) is 10.5. The Balaban J connectivity index is 2.13. The van der Waals surface area contributed by atoms with Crippen LogP contribution >= 0.6 is 0 Å². The molecule has 0 aliphatic rings. The number of aromatic nitrogens is 2. The van der Waals surface area contributed by atoms with Gasteiger partial charge >= 0.3 is 0 Å². The van der Waals surface area contributed by atoms with Crippen LogP contribution in [0.2, 0.25) is 0 Å². The zero-order valence-electron chi connectivity index (χ0n) is 10.5. The van der Waals surface area contributed by atoms with Crippen LogP contribution in [-0.2, 0) is 6.42 Å². The van der Waals surface area contributed by atoms with Gasteiger partial charge in [0.15, 0.2) is 0 Å². The molecule has 0 atom stereocenters. The minimum absolute atomic E-state index is 0.294. The fourth-order valence-corrected chi connectivity index (χ4v) is 1.70. The second kappa shape index (κ2) is 5.73. The monoisotopic (exact) mass is 249 g/mol. The lowest BCUT2D eigenvalue weighted by molar-refractivity contribution is 0.496. The Morgan fingerprint density at radius 2 is 2.11 bits per heavy atom. The van der Waals surface area contributed by atoms with Crippen molar-refractivity contribution in [2.24, 2.45) is 0 Å². The van der Waals surface area contributed by atoms with Gasteiger partial charge in [-0.15, -0.1) is 10.2 Å². The first-order valence-corrected chi connectivity index (χ1v) is 5.99. The van der Waals surface area contributed by atoms with E-state index in [-0.39, 0.29) is 5.82 Å². The van der Waals surface area contributed by atoms with E-state index in [1.54, 1.807) is 0 Å². The van der Waals surface area contributed by atoms with Gasteiger partial charge in [-0.3, -0.25) is 0 Å². The van der Waals surface area contributed by atoms with Crippen LogP contribution in [0.5, 0.6) is 0 Å². The number of hydrogen-bond donors (Lipinski definition) is 1. The maximum absolute atomic E-state index is 13.3. The molecule has 1 aromatic heterocycles. The first kappa shape index (κ1) is 12.7. The first-order valence-electron chi connectivity index (χ1n) is 5.99. The minimum atomic E-state index is -0.294. The van der Waals surface area contributed by atoms with Crippen LogP contribution in [0.4, 0.5) is 4.39 Å². The zero-order chi connectivity index (χ0) is 13.0. The molecule has 4 nitrogen and oxygen atoms in total. The van der Waals surface area contributed by atoms with Crippen LogP contribution in [0.15, 0.2) is 22.6 Å². The van der Waals surface area contributed by atoms with Gasteiger partial charge in [0.1, 0.15) is 5.82 Å². The van der Waals surface area contributed by atoms with Crippen molar-refractivity contribution >= 4 is 0 Å². The van der Waals surface area contributed by atoms with E-state index in [0.29, 0.717) is 23.8 Å². The molecule has 0 radical (unpaired) electrons. The first-order chi connectivity index (χ1) is 8.69. The van der Waals surface area contributed by atoms with E-state index in [1.165, 1.54) is 12.1 Å². The van der Waals surface area contributed by atoms with E-state index >= 15 is 0 Å². The molecule has 0 aliphatic heterocycles. The topological polar surface area (TPSA) is 51.0 Å². The number of hydrogen-bond acceptors (Lipinski definition) is 4. The summed E-state index contributed by atoms with van der Waals surface area (Å²) < 4.78 is 18.8. The van der Waals surface area contributed by atoms with E-state index < -0.39 is 0 Å². The largest absolute Gasteiger partial charge is 0.421 e. The second-order valence-corrected chi connectivity index (χ2v) is 4.12. The van der Waals surface area contributed by atoms with Crippen molar-refractivity contribution in [1.82, 2.24) is 15.5 Å². The summed E-state index contributed by atoms with van der Waals surface area (Å²) in [5, 5.41) is 11.1. The highest BCUT2D eigenvalue weighted by molar-refractivity contribution is 5.53. The average molecular weight is 249 g/mol. The van der Waals surface area contributed by atoms with E-state index in [4.69, 9.17) is 4.42 Å². The van der Waals surface area contributed by atoms with E-state index in [2.05, 4.69) is 15.5 Å². The van der Waals surface area contributed by atoms with Crippen LogP contribution in [0.3, 0.4) is 0 Å². The van der Waals surface area contributed by atoms with Gasteiger partial charge in [0.25, 0.3) is 0 Å². The van der Waals surface area contributed by atoms with Gasteiger partial charge in [-0.2, -0.15) is 0 Å².